The summed E-state index contributed by atoms with van der Waals surface area (Å²) in [5.74, 6) is -0.523. The van der Waals surface area contributed by atoms with E-state index in [1.54, 1.807) is 40.4 Å². The lowest BCUT2D eigenvalue weighted by Crippen LogP contribution is -2.26. The number of rotatable bonds is 5. The first kappa shape index (κ1) is 16.5. The molecule has 6 heteroatoms. The van der Waals surface area contributed by atoms with Crippen LogP contribution < -0.4 is 5.32 Å². The number of carbonyl (C=O) groups is 1. The van der Waals surface area contributed by atoms with E-state index < -0.39 is 0 Å². The van der Waals surface area contributed by atoms with Crippen molar-refractivity contribution in [1.29, 1.82) is 0 Å². The maximum absolute atomic E-state index is 13.0. The van der Waals surface area contributed by atoms with Crippen LogP contribution >= 0.6 is 11.3 Å². The number of hydrogen-bond acceptors (Lipinski definition) is 3. The third-order valence-corrected chi connectivity index (χ3v) is 5.17. The second-order valence-corrected chi connectivity index (χ2v) is 6.80. The topological polar surface area (TPSA) is 46.9 Å². The zero-order valence-corrected chi connectivity index (χ0v) is 14.7. The van der Waals surface area contributed by atoms with Crippen molar-refractivity contribution in [3.8, 4) is 5.69 Å². The molecule has 4 nitrogen and oxygen atoms in total. The lowest BCUT2D eigenvalue weighted by molar-refractivity contribution is 0.0949. The van der Waals surface area contributed by atoms with Crippen LogP contribution in [-0.2, 0) is 6.42 Å². The van der Waals surface area contributed by atoms with E-state index in [1.165, 1.54) is 27.8 Å². The maximum atomic E-state index is 13.0. The van der Waals surface area contributed by atoms with Crippen molar-refractivity contribution in [2.45, 2.75) is 6.42 Å². The summed E-state index contributed by atoms with van der Waals surface area (Å²) >= 11 is 1.72. The summed E-state index contributed by atoms with van der Waals surface area (Å²) in [6, 6.07) is 15.9. The molecular weight excluding hydrogens is 349 g/mol. The summed E-state index contributed by atoms with van der Waals surface area (Å²) in [7, 11) is 0. The molecule has 0 radical (unpaired) electrons. The Labute approximate surface area is 153 Å². The van der Waals surface area contributed by atoms with Crippen molar-refractivity contribution in [3.05, 3.63) is 83.2 Å². The average Bonchev–Trinajstić information content (AvgIpc) is 3.30. The fourth-order valence-electron chi connectivity index (χ4n) is 2.81. The normalized spacial score (nSPS) is 11.0. The van der Waals surface area contributed by atoms with E-state index in [1.807, 2.05) is 12.1 Å². The standard InChI is InChI=1S/C20H16FN3OS/c21-15-5-7-16(8-6-15)24-12-10-18(23-24)20(25)22-11-9-14-13-26-19-4-2-1-3-17(14)19/h1-8,10,12-13H,9,11H2,(H,22,25). The molecule has 1 N–H and O–H groups in total. The minimum atomic E-state index is -0.306. The summed E-state index contributed by atoms with van der Waals surface area (Å²) in [6.45, 7) is 0.545. The molecule has 0 aliphatic rings. The van der Waals surface area contributed by atoms with Gasteiger partial charge in [0.15, 0.2) is 5.69 Å². The molecule has 0 saturated heterocycles. The minimum Gasteiger partial charge on any atom is -0.350 e. The second kappa shape index (κ2) is 7.09. The van der Waals surface area contributed by atoms with Gasteiger partial charge in [0, 0.05) is 17.4 Å². The highest BCUT2D eigenvalue weighted by Gasteiger charge is 2.10. The Morgan fingerprint density at radius 2 is 1.92 bits per heavy atom. The smallest absolute Gasteiger partial charge is 0.271 e. The first-order valence-corrected chi connectivity index (χ1v) is 9.13. The molecule has 0 bridgehead atoms. The van der Waals surface area contributed by atoms with Crippen molar-refractivity contribution < 1.29 is 9.18 Å². The lowest BCUT2D eigenvalue weighted by Gasteiger charge is -2.03. The Morgan fingerprint density at radius 3 is 2.77 bits per heavy atom. The summed E-state index contributed by atoms with van der Waals surface area (Å²) in [5, 5.41) is 10.5. The molecule has 26 heavy (non-hydrogen) atoms. The molecular formula is C20H16FN3OS. The monoisotopic (exact) mass is 365 g/mol. The van der Waals surface area contributed by atoms with Gasteiger partial charge in [-0.1, -0.05) is 18.2 Å². The van der Waals surface area contributed by atoms with Crippen molar-refractivity contribution >= 4 is 27.3 Å². The SMILES string of the molecule is O=C(NCCc1csc2ccccc12)c1ccn(-c2ccc(F)cc2)n1. The number of amides is 1. The van der Waals surface area contributed by atoms with Crippen LogP contribution in [0.1, 0.15) is 16.1 Å². The maximum Gasteiger partial charge on any atom is 0.271 e. The molecule has 2 aromatic heterocycles. The Bertz CT molecular complexity index is 1050. The highest BCUT2D eigenvalue weighted by molar-refractivity contribution is 7.17. The predicted molar refractivity (Wildman–Crippen MR) is 101 cm³/mol. The van der Waals surface area contributed by atoms with Gasteiger partial charge in [0.1, 0.15) is 5.82 Å². The predicted octanol–water partition coefficient (Wildman–Crippen LogP) is 4.20. The van der Waals surface area contributed by atoms with E-state index in [0.717, 1.165) is 6.42 Å². The quantitative estimate of drug-likeness (QED) is 0.576. The second-order valence-electron chi connectivity index (χ2n) is 5.88. The first-order valence-electron chi connectivity index (χ1n) is 8.25. The zero-order valence-electron chi connectivity index (χ0n) is 13.9. The molecule has 0 aliphatic heterocycles. The molecule has 0 fully saturated rings. The number of nitrogens with zero attached hydrogens (tertiary/aromatic N) is 2. The number of hydrogen-bond donors (Lipinski definition) is 1. The van der Waals surface area contributed by atoms with E-state index >= 15 is 0 Å². The van der Waals surface area contributed by atoms with Crippen LogP contribution in [0.25, 0.3) is 15.8 Å². The number of nitrogens with one attached hydrogen (secondary N) is 1. The lowest BCUT2D eigenvalue weighted by atomic mass is 10.1. The van der Waals surface area contributed by atoms with E-state index in [2.05, 4.69) is 27.9 Å². The number of carbonyl (C=O) groups excluding carboxylic acids is 1. The molecule has 0 aliphatic carbocycles. The number of benzene rings is 2. The van der Waals surface area contributed by atoms with Crippen LogP contribution in [0.3, 0.4) is 0 Å². The van der Waals surface area contributed by atoms with Gasteiger partial charge in [0.05, 0.1) is 5.69 Å². The van der Waals surface area contributed by atoms with E-state index in [-0.39, 0.29) is 11.7 Å². The molecule has 4 aromatic rings. The molecule has 0 unspecified atom stereocenters. The summed E-state index contributed by atoms with van der Waals surface area (Å²) in [6.07, 6.45) is 2.46. The van der Waals surface area contributed by atoms with Gasteiger partial charge in [-0.2, -0.15) is 5.10 Å². The molecule has 2 aromatic carbocycles. The van der Waals surface area contributed by atoms with E-state index in [0.29, 0.717) is 17.9 Å². The van der Waals surface area contributed by atoms with Crippen LogP contribution in [0.4, 0.5) is 4.39 Å². The molecule has 0 saturated carbocycles. The Kier molecular flexibility index (Phi) is 4.50. The van der Waals surface area contributed by atoms with Gasteiger partial charge in [-0.3, -0.25) is 4.79 Å². The van der Waals surface area contributed by atoms with Gasteiger partial charge in [0.2, 0.25) is 0 Å². The largest absolute Gasteiger partial charge is 0.350 e. The van der Waals surface area contributed by atoms with Crippen molar-refractivity contribution in [3.63, 3.8) is 0 Å². The summed E-state index contributed by atoms with van der Waals surface area (Å²) < 4.78 is 15.8. The number of aromatic nitrogens is 2. The van der Waals surface area contributed by atoms with Crippen LogP contribution in [0.15, 0.2) is 66.2 Å². The minimum absolute atomic E-state index is 0.217. The summed E-state index contributed by atoms with van der Waals surface area (Å²) in [5.41, 5.74) is 2.28. The van der Waals surface area contributed by atoms with Crippen LogP contribution in [0.2, 0.25) is 0 Å². The van der Waals surface area contributed by atoms with Crippen LogP contribution in [-0.4, -0.2) is 22.2 Å². The fraction of sp³-hybridized carbons (Fsp3) is 0.100. The van der Waals surface area contributed by atoms with Gasteiger partial charge in [-0.25, -0.2) is 9.07 Å². The van der Waals surface area contributed by atoms with E-state index in [4.69, 9.17) is 0 Å². The van der Waals surface area contributed by atoms with E-state index in [9.17, 15) is 9.18 Å². The van der Waals surface area contributed by atoms with Gasteiger partial charge >= 0.3 is 0 Å². The highest BCUT2D eigenvalue weighted by Crippen LogP contribution is 2.25. The number of thiophene rings is 1. The van der Waals surface area contributed by atoms with Crippen LogP contribution in [0, 0.1) is 5.82 Å². The fourth-order valence-corrected chi connectivity index (χ4v) is 3.81. The Hall–Kier alpha value is -2.99. The van der Waals surface area contributed by atoms with Gasteiger partial charge in [-0.05, 0) is 59.1 Å². The molecule has 2 heterocycles. The zero-order chi connectivity index (χ0) is 17.9. The van der Waals surface area contributed by atoms with Crippen LogP contribution in [0.5, 0.6) is 0 Å². The average molecular weight is 365 g/mol. The van der Waals surface area contributed by atoms with Gasteiger partial charge in [-0.15, -0.1) is 11.3 Å². The van der Waals surface area contributed by atoms with Gasteiger partial charge < -0.3 is 5.32 Å². The first-order chi connectivity index (χ1) is 12.7. The number of halogens is 1. The molecule has 1 amide bonds. The molecule has 130 valence electrons. The summed E-state index contributed by atoms with van der Waals surface area (Å²) in [4.78, 5) is 12.3. The van der Waals surface area contributed by atoms with Gasteiger partial charge in [0.25, 0.3) is 5.91 Å². The highest BCUT2D eigenvalue weighted by atomic mass is 32.1. The number of fused-ring (bicyclic) bond motifs is 1. The third-order valence-electron chi connectivity index (χ3n) is 4.15. The Morgan fingerprint density at radius 1 is 1.12 bits per heavy atom. The molecule has 0 spiro atoms. The molecule has 0 atom stereocenters. The third kappa shape index (κ3) is 3.36. The van der Waals surface area contributed by atoms with Crippen molar-refractivity contribution in [2.75, 3.05) is 6.54 Å². The Balaban J connectivity index is 1.39. The molecule has 4 rings (SSSR count). The van der Waals surface area contributed by atoms with Crippen molar-refractivity contribution in [1.82, 2.24) is 15.1 Å². The van der Waals surface area contributed by atoms with Crippen molar-refractivity contribution in [2.24, 2.45) is 0 Å².